The fraction of sp³-hybridized carbons (Fsp3) is 0.400. The number of rotatable bonds is 8. The SMILES string of the molecule is NC(C(=O)Nc1cccc(F)c1CCC1CNC2CCCS(=O)(=O)N1C2)C(c1ccc(Cl)cc1)c1ccc(C(F)(F)F)nc1. The summed E-state index contributed by atoms with van der Waals surface area (Å²) in [5.74, 6) is -2.11. The molecule has 5 unspecified atom stereocenters. The number of fused-ring (bicyclic) bond motifs is 2. The van der Waals surface area contributed by atoms with Crippen LogP contribution in [0, 0.1) is 5.82 Å². The van der Waals surface area contributed by atoms with Crippen molar-refractivity contribution in [2.45, 2.75) is 55.9 Å². The molecule has 2 bridgehead atoms. The van der Waals surface area contributed by atoms with Crippen LogP contribution in [0.25, 0.3) is 0 Å². The molecule has 236 valence electrons. The Bertz CT molecular complexity index is 1590. The van der Waals surface area contributed by atoms with Crippen LogP contribution in [0.15, 0.2) is 60.8 Å². The number of carbonyl (C=O) groups excluding carboxylic acids is 1. The Balaban J connectivity index is 1.37. The van der Waals surface area contributed by atoms with Crippen molar-refractivity contribution in [2.24, 2.45) is 5.73 Å². The molecule has 1 aromatic heterocycles. The van der Waals surface area contributed by atoms with E-state index in [1.165, 1.54) is 28.6 Å². The number of hydrogen-bond donors (Lipinski definition) is 3. The normalized spacial score (nSPS) is 22.9. The van der Waals surface area contributed by atoms with Gasteiger partial charge in [-0.1, -0.05) is 35.9 Å². The van der Waals surface area contributed by atoms with Crippen LogP contribution in [0.2, 0.25) is 5.02 Å². The molecule has 5 rings (SSSR count). The van der Waals surface area contributed by atoms with Gasteiger partial charge in [0.25, 0.3) is 0 Å². The summed E-state index contributed by atoms with van der Waals surface area (Å²) in [4.78, 5) is 17.1. The van der Waals surface area contributed by atoms with Crippen LogP contribution in [-0.2, 0) is 27.4 Å². The molecule has 1 amide bonds. The van der Waals surface area contributed by atoms with Crippen LogP contribution in [0.4, 0.5) is 23.2 Å². The zero-order chi connectivity index (χ0) is 31.6. The lowest BCUT2D eigenvalue weighted by molar-refractivity contribution is -0.141. The van der Waals surface area contributed by atoms with Crippen molar-refractivity contribution in [3.8, 4) is 0 Å². The summed E-state index contributed by atoms with van der Waals surface area (Å²) >= 11 is 6.03. The topological polar surface area (TPSA) is 117 Å². The minimum absolute atomic E-state index is 0.0732. The molecular weight excluding hydrogens is 622 g/mol. The Morgan fingerprint density at radius 3 is 2.55 bits per heavy atom. The van der Waals surface area contributed by atoms with E-state index in [1.807, 2.05) is 0 Å². The fourth-order valence-corrected chi connectivity index (χ4v) is 7.82. The van der Waals surface area contributed by atoms with Gasteiger partial charge in [-0.25, -0.2) is 12.8 Å². The van der Waals surface area contributed by atoms with Gasteiger partial charge in [-0.2, -0.15) is 17.5 Å². The summed E-state index contributed by atoms with van der Waals surface area (Å²) in [6.45, 7) is 0.808. The summed E-state index contributed by atoms with van der Waals surface area (Å²) in [6, 6.07) is 11.0. The monoisotopic (exact) mass is 653 g/mol. The molecule has 3 heterocycles. The molecule has 0 spiro atoms. The van der Waals surface area contributed by atoms with Gasteiger partial charge >= 0.3 is 6.18 Å². The van der Waals surface area contributed by atoms with Gasteiger partial charge in [0.2, 0.25) is 15.9 Å². The first-order chi connectivity index (χ1) is 20.8. The van der Waals surface area contributed by atoms with Crippen molar-refractivity contribution in [1.82, 2.24) is 14.6 Å². The largest absolute Gasteiger partial charge is 0.433 e. The van der Waals surface area contributed by atoms with Gasteiger partial charge in [0.05, 0.1) is 11.8 Å². The maximum atomic E-state index is 15.1. The van der Waals surface area contributed by atoms with Crippen LogP contribution in [-0.4, -0.2) is 60.6 Å². The molecule has 44 heavy (non-hydrogen) atoms. The molecule has 2 aliphatic rings. The number of nitrogens with zero attached hydrogens (tertiary/aromatic N) is 2. The van der Waals surface area contributed by atoms with E-state index < -0.39 is 45.6 Å². The highest BCUT2D eigenvalue weighted by Gasteiger charge is 2.38. The highest BCUT2D eigenvalue weighted by atomic mass is 35.5. The Kier molecular flexibility index (Phi) is 9.61. The maximum Gasteiger partial charge on any atom is 0.433 e. The first-order valence-electron chi connectivity index (χ1n) is 14.2. The van der Waals surface area contributed by atoms with Gasteiger partial charge in [0.15, 0.2) is 0 Å². The molecule has 0 saturated carbocycles. The lowest BCUT2D eigenvalue weighted by atomic mass is 9.85. The molecule has 14 heteroatoms. The van der Waals surface area contributed by atoms with E-state index in [9.17, 15) is 26.4 Å². The second-order valence-electron chi connectivity index (χ2n) is 11.1. The van der Waals surface area contributed by atoms with Crippen LogP contribution >= 0.6 is 11.6 Å². The molecular formula is C30H32ClF4N5O3S. The average molecular weight is 654 g/mol. The number of nitrogens with two attached hydrogens (primary N) is 1. The summed E-state index contributed by atoms with van der Waals surface area (Å²) < 4.78 is 81.8. The van der Waals surface area contributed by atoms with Crippen LogP contribution < -0.4 is 16.4 Å². The third-order valence-corrected chi connectivity index (χ3v) is 10.4. The van der Waals surface area contributed by atoms with E-state index in [2.05, 4.69) is 15.6 Å². The van der Waals surface area contributed by atoms with Gasteiger partial charge in [-0.3, -0.25) is 9.78 Å². The number of aromatic nitrogens is 1. The van der Waals surface area contributed by atoms with E-state index in [1.54, 1.807) is 24.3 Å². The summed E-state index contributed by atoms with van der Waals surface area (Å²) in [6.07, 6.45) is -1.81. The van der Waals surface area contributed by atoms with Crippen LogP contribution in [0.1, 0.15) is 47.6 Å². The number of pyridine rings is 1. The van der Waals surface area contributed by atoms with E-state index in [4.69, 9.17) is 17.3 Å². The van der Waals surface area contributed by atoms with E-state index in [0.717, 1.165) is 18.7 Å². The number of amides is 1. The minimum atomic E-state index is -4.64. The summed E-state index contributed by atoms with van der Waals surface area (Å²) in [5.41, 5.74) is 6.51. The second kappa shape index (κ2) is 13.1. The number of sulfonamides is 1. The third-order valence-electron chi connectivity index (χ3n) is 8.19. The Hall–Kier alpha value is -3.10. The lowest BCUT2D eigenvalue weighted by Crippen LogP contribution is -2.57. The molecule has 8 nitrogen and oxygen atoms in total. The van der Waals surface area contributed by atoms with Crippen molar-refractivity contribution in [3.63, 3.8) is 0 Å². The molecule has 5 atom stereocenters. The summed E-state index contributed by atoms with van der Waals surface area (Å²) in [5, 5.41) is 6.50. The molecule has 0 radical (unpaired) electrons. The van der Waals surface area contributed by atoms with Gasteiger partial charge in [-0.05, 0) is 67.1 Å². The number of halogens is 5. The second-order valence-corrected chi connectivity index (χ2v) is 13.6. The predicted molar refractivity (Wildman–Crippen MR) is 159 cm³/mol. The zero-order valence-electron chi connectivity index (χ0n) is 23.5. The number of carbonyl (C=O) groups is 1. The van der Waals surface area contributed by atoms with Crippen molar-refractivity contribution in [3.05, 3.63) is 94.0 Å². The Morgan fingerprint density at radius 2 is 1.86 bits per heavy atom. The molecule has 3 aromatic rings. The number of piperazine rings is 1. The Morgan fingerprint density at radius 1 is 1.14 bits per heavy atom. The van der Waals surface area contributed by atoms with Gasteiger partial charge in [0, 0.05) is 53.6 Å². The molecule has 4 N–H and O–H groups in total. The standard InChI is InChI=1S/C30H32ClF4N5O3S/c31-20-9-6-18(7-10-20)27(19-8-13-26(38-15-19)30(33,34)35)28(36)29(41)39-25-5-1-4-24(32)23(25)12-11-22-16-37-21-3-2-14-44(42,43)40(22)17-21/h1,4-10,13,15,21-22,27-28,37H,2-3,11-12,14,16-17,36H2,(H,39,41). The van der Waals surface area contributed by atoms with Gasteiger partial charge in [0.1, 0.15) is 11.5 Å². The highest BCUT2D eigenvalue weighted by Crippen LogP contribution is 2.33. The van der Waals surface area contributed by atoms with E-state index in [-0.39, 0.29) is 41.1 Å². The van der Waals surface area contributed by atoms with E-state index in [0.29, 0.717) is 36.5 Å². The first kappa shape index (κ1) is 32.3. The number of hydrogen-bond acceptors (Lipinski definition) is 6. The van der Waals surface area contributed by atoms with Crippen molar-refractivity contribution in [2.75, 3.05) is 24.2 Å². The smallest absolute Gasteiger partial charge is 0.324 e. The lowest BCUT2D eigenvalue weighted by Gasteiger charge is -2.37. The number of nitrogens with one attached hydrogen (secondary N) is 2. The van der Waals surface area contributed by atoms with Crippen LogP contribution in [0.5, 0.6) is 0 Å². The highest BCUT2D eigenvalue weighted by molar-refractivity contribution is 7.89. The van der Waals surface area contributed by atoms with Crippen molar-refractivity contribution >= 4 is 33.2 Å². The Labute approximate surface area is 258 Å². The quantitative estimate of drug-likeness (QED) is 0.304. The number of alkyl halides is 3. The first-order valence-corrected chi connectivity index (χ1v) is 16.2. The number of anilines is 1. The number of benzene rings is 2. The fourth-order valence-electron chi connectivity index (χ4n) is 5.89. The molecule has 2 saturated heterocycles. The molecule has 2 aromatic carbocycles. The zero-order valence-corrected chi connectivity index (χ0v) is 25.1. The molecule has 2 aliphatic heterocycles. The van der Waals surface area contributed by atoms with Gasteiger partial charge < -0.3 is 16.4 Å². The maximum absolute atomic E-state index is 15.1. The summed E-state index contributed by atoms with van der Waals surface area (Å²) in [7, 11) is -3.43. The van der Waals surface area contributed by atoms with E-state index >= 15 is 4.39 Å². The van der Waals surface area contributed by atoms with Crippen molar-refractivity contribution in [1.29, 1.82) is 0 Å². The average Bonchev–Trinajstić information content (AvgIpc) is 3.09. The van der Waals surface area contributed by atoms with Crippen molar-refractivity contribution < 1.29 is 30.8 Å². The minimum Gasteiger partial charge on any atom is -0.324 e. The third kappa shape index (κ3) is 7.23. The molecule has 2 fully saturated rings. The van der Waals surface area contributed by atoms with Gasteiger partial charge in [-0.15, -0.1) is 0 Å². The predicted octanol–water partition coefficient (Wildman–Crippen LogP) is 4.69. The molecule has 0 aliphatic carbocycles. The van der Waals surface area contributed by atoms with Crippen LogP contribution in [0.3, 0.4) is 0 Å².